The quantitative estimate of drug-likeness (QED) is 0.423. The maximum absolute atomic E-state index is 13.9. The third-order valence-electron chi connectivity index (χ3n) is 3.00. The molecule has 1 N–H and O–H groups in total. The van der Waals surface area contributed by atoms with E-state index in [1.807, 2.05) is 6.92 Å². The Morgan fingerprint density at radius 2 is 1.85 bits per heavy atom. The molecule has 6 heteroatoms. The van der Waals surface area contributed by atoms with Gasteiger partial charge in [-0.1, -0.05) is 19.1 Å². The van der Waals surface area contributed by atoms with Gasteiger partial charge in [0.05, 0.1) is 5.70 Å². The third-order valence-corrected chi connectivity index (χ3v) is 3.86. The van der Waals surface area contributed by atoms with Crippen LogP contribution >= 0.6 is 22.6 Å². The van der Waals surface area contributed by atoms with Crippen molar-refractivity contribution in [3.63, 3.8) is 0 Å². The Bertz CT molecular complexity index is 563. The molecule has 2 unspecified atom stereocenters. The van der Waals surface area contributed by atoms with Crippen LogP contribution < -0.4 is 5.32 Å². The summed E-state index contributed by atoms with van der Waals surface area (Å²) in [6, 6.07) is 6.76. The van der Waals surface area contributed by atoms with Gasteiger partial charge in [-0.15, -0.1) is 0 Å². The molecule has 0 spiro atoms. The number of halogens is 5. The molecule has 0 radical (unpaired) electrons. The predicted molar refractivity (Wildman–Crippen MR) is 79.5 cm³/mol. The van der Waals surface area contributed by atoms with Gasteiger partial charge in [0.15, 0.2) is 17.8 Å². The molecular formula is C14H12F4IN. The van der Waals surface area contributed by atoms with Gasteiger partial charge in [0.1, 0.15) is 0 Å². The first-order valence-corrected chi connectivity index (χ1v) is 7.09. The second-order valence-corrected chi connectivity index (χ2v) is 6.09. The molecule has 1 nitrogen and oxygen atoms in total. The molecule has 0 heterocycles. The van der Waals surface area contributed by atoms with Gasteiger partial charge in [-0.25, -0.2) is 17.6 Å². The molecule has 1 aliphatic rings. The monoisotopic (exact) mass is 397 g/mol. The van der Waals surface area contributed by atoms with E-state index in [0.29, 0.717) is 11.8 Å². The van der Waals surface area contributed by atoms with Crippen molar-refractivity contribution in [1.29, 1.82) is 0 Å². The number of hydrogen-bond acceptors (Lipinski definition) is 1. The Hall–Kier alpha value is -1.05. The van der Waals surface area contributed by atoms with E-state index in [9.17, 15) is 17.6 Å². The van der Waals surface area contributed by atoms with Crippen LogP contribution in [-0.4, -0.2) is 9.85 Å². The lowest BCUT2D eigenvalue weighted by Gasteiger charge is -2.26. The summed E-state index contributed by atoms with van der Waals surface area (Å²) >= 11 is 1.11. The van der Waals surface area contributed by atoms with E-state index in [1.54, 1.807) is 24.3 Å². The fraction of sp³-hybridized carbons (Fsp3) is 0.286. The number of anilines is 1. The van der Waals surface area contributed by atoms with Crippen molar-refractivity contribution in [3.8, 4) is 0 Å². The van der Waals surface area contributed by atoms with Gasteiger partial charge >= 0.3 is 0 Å². The van der Waals surface area contributed by atoms with E-state index in [1.165, 1.54) is 0 Å². The van der Waals surface area contributed by atoms with Crippen LogP contribution in [0.4, 0.5) is 23.2 Å². The molecule has 108 valence electrons. The maximum atomic E-state index is 13.9. The minimum Gasteiger partial charge on any atom is -0.354 e. The Kier molecular flexibility index (Phi) is 4.41. The number of hydrogen-bond donors (Lipinski definition) is 1. The molecule has 0 bridgehead atoms. The fourth-order valence-corrected chi connectivity index (χ4v) is 2.42. The van der Waals surface area contributed by atoms with Gasteiger partial charge in [0, 0.05) is 11.8 Å². The van der Waals surface area contributed by atoms with E-state index in [0.717, 1.165) is 34.6 Å². The van der Waals surface area contributed by atoms with Crippen molar-refractivity contribution in [2.45, 2.75) is 23.2 Å². The van der Waals surface area contributed by atoms with Crippen molar-refractivity contribution in [2.75, 3.05) is 5.32 Å². The van der Waals surface area contributed by atoms with E-state index >= 15 is 0 Å². The highest BCUT2D eigenvalue weighted by Gasteiger charge is 2.44. The molecule has 2 rings (SSSR count). The number of rotatable bonds is 3. The van der Waals surface area contributed by atoms with Crippen LogP contribution in [0.2, 0.25) is 0 Å². The molecule has 1 aliphatic carbocycles. The number of nitrogens with one attached hydrogen (secondary N) is 1. The van der Waals surface area contributed by atoms with Crippen molar-refractivity contribution in [3.05, 3.63) is 53.3 Å². The first-order valence-electron chi connectivity index (χ1n) is 6.01. The molecule has 1 aromatic rings. The van der Waals surface area contributed by atoms with E-state index < -0.39 is 27.2 Å². The van der Waals surface area contributed by atoms with Gasteiger partial charge < -0.3 is 5.32 Å². The highest BCUT2D eigenvalue weighted by Crippen LogP contribution is 2.42. The second-order valence-electron chi connectivity index (χ2n) is 4.43. The predicted octanol–water partition coefficient (Wildman–Crippen LogP) is 5.15. The Morgan fingerprint density at radius 3 is 2.40 bits per heavy atom. The van der Waals surface area contributed by atoms with Crippen LogP contribution in [0.1, 0.15) is 12.5 Å². The van der Waals surface area contributed by atoms with Crippen molar-refractivity contribution < 1.29 is 17.6 Å². The second kappa shape index (κ2) is 5.75. The molecule has 20 heavy (non-hydrogen) atoms. The van der Waals surface area contributed by atoms with Gasteiger partial charge in [-0.05, 0) is 46.7 Å². The van der Waals surface area contributed by atoms with Gasteiger partial charge in [0.2, 0.25) is 3.68 Å². The largest absolute Gasteiger partial charge is 0.354 e. The summed E-state index contributed by atoms with van der Waals surface area (Å²) in [4.78, 5) is 0. The highest BCUT2D eigenvalue weighted by molar-refractivity contribution is 14.1. The summed E-state index contributed by atoms with van der Waals surface area (Å²) in [6.07, 6.45) is -1.17. The number of alkyl halides is 3. The van der Waals surface area contributed by atoms with Crippen LogP contribution in [0.25, 0.3) is 0 Å². The molecule has 2 atom stereocenters. The first kappa shape index (κ1) is 15.3. The van der Waals surface area contributed by atoms with Crippen LogP contribution in [0, 0.1) is 0 Å². The molecule has 0 saturated heterocycles. The normalized spacial score (nSPS) is 26.5. The minimum absolute atomic E-state index is 0.304. The number of aryl methyl sites for hydroxylation is 1. The zero-order valence-electron chi connectivity index (χ0n) is 10.6. The Labute approximate surface area is 127 Å². The summed E-state index contributed by atoms with van der Waals surface area (Å²) in [7, 11) is 0. The summed E-state index contributed by atoms with van der Waals surface area (Å²) in [6.45, 7) is 1.97. The first-order chi connectivity index (χ1) is 9.35. The standard InChI is InChI=1S/C14H12F4IN/c1-2-8-3-5-9(6-4-8)20-12-11(16)10(15)7-14(18,19)13(12)17/h3-7,13,20H,2H2,1H3. The summed E-state index contributed by atoms with van der Waals surface area (Å²) in [5.74, 6) is -2.80. The Balaban J connectivity index is 2.30. The van der Waals surface area contributed by atoms with Gasteiger partial charge in [-0.2, -0.15) is 0 Å². The topological polar surface area (TPSA) is 12.0 Å². The third kappa shape index (κ3) is 2.99. The average Bonchev–Trinajstić information content (AvgIpc) is 2.42. The zero-order valence-corrected chi connectivity index (χ0v) is 12.7. The average molecular weight is 397 g/mol. The number of allylic oxidation sites excluding steroid dienone is 4. The molecule has 1 aromatic carbocycles. The van der Waals surface area contributed by atoms with Crippen LogP contribution in [0.3, 0.4) is 0 Å². The minimum atomic E-state index is -2.61. The summed E-state index contributed by atoms with van der Waals surface area (Å²) < 4.78 is 52.1. The lowest BCUT2D eigenvalue weighted by Crippen LogP contribution is -2.34. The van der Waals surface area contributed by atoms with Gasteiger partial charge in [-0.3, -0.25) is 0 Å². The van der Waals surface area contributed by atoms with Crippen LogP contribution in [0.15, 0.2) is 47.7 Å². The van der Waals surface area contributed by atoms with E-state index in [-0.39, 0.29) is 0 Å². The van der Waals surface area contributed by atoms with Crippen LogP contribution in [0.5, 0.6) is 0 Å². The van der Waals surface area contributed by atoms with Crippen LogP contribution in [-0.2, 0) is 6.42 Å². The lowest BCUT2D eigenvalue weighted by molar-refractivity contribution is 0.209. The van der Waals surface area contributed by atoms with Gasteiger partial charge in [0.25, 0.3) is 0 Å². The van der Waals surface area contributed by atoms with E-state index in [2.05, 4.69) is 5.32 Å². The molecule has 0 fully saturated rings. The molecule has 0 saturated carbocycles. The van der Waals surface area contributed by atoms with Crippen molar-refractivity contribution in [1.82, 2.24) is 0 Å². The summed E-state index contributed by atoms with van der Waals surface area (Å²) in [5, 5.41) is 2.42. The lowest BCUT2D eigenvalue weighted by atomic mass is 10.0. The number of benzene rings is 1. The highest BCUT2D eigenvalue weighted by atomic mass is 127. The SMILES string of the molecule is CCc1ccc(NC2=C(F)C(F)=CC(F)(I)C2F)cc1. The Morgan fingerprint density at radius 1 is 1.25 bits per heavy atom. The maximum Gasteiger partial charge on any atom is 0.219 e. The fourth-order valence-electron chi connectivity index (χ4n) is 1.84. The zero-order chi connectivity index (χ0) is 14.9. The van der Waals surface area contributed by atoms with E-state index in [4.69, 9.17) is 0 Å². The molecule has 0 aromatic heterocycles. The molecular weight excluding hydrogens is 385 g/mol. The van der Waals surface area contributed by atoms with Crippen molar-refractivity contribution >= 4 is 28.3 Å². The smallest absolute Gasteiger partial charge is 0.219 e. The summed E-state index contributed by atoms with van der Waals surface area (Å²) in [5.41, 5.74) is 0.688. The molecule has 0 aliphatic heterocycles. The molecule has 0 amide bonds. The van der Waals surface area contributed by atoms with Crippen molar-refractivity contribution in [2.24, 2.45) is 0 Å².